The van der Waals surface area contributed by atoms with E-state index in [2.05, 4.69) is 24.4 Å². The van der Waals surface area contributed by atoms with Crippen LogP contribution in [0.1, 0.15) is 6.42 Å². The van der Waals surface area contributed by atoms with E-state index >= 15 is 0 Å². The van der Waals surface area contributed by atoms with E-state index in [9.17, 15) is 4.91 Å². The van der Waals surface area contributed by atoms with E-state index in [1.807, 2.05) is 0 Å². The zero-order valence-electron chi connectivity index (χ0n) is 5.08. The number of hydrogen-bond donors (Lipinski definition) is 1. The normalized spacial score (nSPS) is 9.89. The summed E-state index contributed by atoms with van der Waals surface area (Å²) >= 11 is 3.83. The summed E-state index contributed by atoms with van der Waals surface area (Å²) in [4.78, 5) is 9.58. The number of hydrogen-bond acceptors (Lipinski definition) is 3. The van der Waals surface area contributed by atoms with Gasteiger partial charge in [0.2, 0.25) is 0 Å². The molecule has 0 amide bonds. The summed E-state index contributed by atoms with van der Waals surface area (Å²) in [6.45, 7) is 3.95. The molecule has 0 bridgehead atoms. The molecule has 0 aliphatic heterocycles. The van der Waals surface area contributed by atoms with Gasteiger partial charge >= 0.3 is 0 Å². The van der Waals surface area contributed by atoms with E-state index < -0.39 is 0 Å². The average Bonchev–Trinajstić information content (AvgIpc) is 1.85. The van der Waals surface area contributed by atoms with Crippen LogP contribution >= 0.6 is 12.6 Å². The van der Waals surface area contributed by atoms with Crippen molar-refractivity contribution in [1.29, 1.82) is 0 Å². The van der Waals surface area contributed by atoms with Gasteiger partial charge in [0.1, 0.15) is 0 Å². The van der Waals surface area contributed by atoms with Crippen LogP contribution in [0.25, 0.3) is 0 Å². The Balaban J connectivity index is 3.38. The van der Waals surface area contributed by atoms with E-state index in [0.29, 0.717) is 13.0 Å². The van der Waals surface area contributed by atoms with E-state index in [-0.39, 0.29) is 0 Å². The van der Waals surface area contributed by atoms with Crippen molar-refractivity contribution in [2.24, 2.45) is 5.18 Å². The third-order valence-corrected chi connectivity index (χ3v) is 0.984. The molecule has 0 aromatic rings. The monoisotopic (exact) mass is 143 g/mol. The molecule has 0 rings (SSSR count). The van der Waals surface area contributed by atoms with Gasteiger partial charge in [0.25, 0.3) is 0 Å². The van der Waals surface area contributed by atoms with Crippen LogP contribution in [-0.4, -0.2) is 6.54 Å². The van der Waals surface area contributed by atoms with Crippen molar-refractivity contribution in [3.05, 3.63) is 28.5 Å². The Labute approximate surface area is 60.0 Å². The minimum absolute atomic E-state index is 0.303. The highest BCUT2D eigenvalue weighted by Crippen LogP contribution is 1.99. The first-order chi connectivity index (χ1) is 4.31. The van der Waals surface area contributed by atoms with E-state index in [1.54, 1.807) is 11.5 Å². The van der Waals surface area contributed by atoms with Crippen molar-refractivity contribution >= 4 is 12.6 Å². The molecule has 50 valence electrons. The molecule has 0 saturated heterocycles. The Kier molecular flexibility index (Phi) is 5.21. The maximum Gasteiger partial charge on any atom is 0.0851 e. The Morgan fingerprint density at radius 2 is 2.44 bits per heavy atom. The highest BCUT2D eigenvalue weighted by atomic mass is 32.1. The second-order valence-electron chi connectivity index (χ2n) is 1.58. The lowest BCUT2D eigenvalue weighted by atomic mass is 10.2. The first kappa shape index (κ1) is 8.43. The standard InChI is InChI=1S/C6H9NOS/c1-6(3-5-9)2-4-7-8/h3,5,9H,1-2,4H2/b5-3-. The van der Waals surface area contributed by atoms with Crippen molar-refractivity contribution in [2.75, 3.05) is 6.54 Å². The molecular formula is C6H9NOS. The zero-order chi connectivity index (χ0) is 7.11. The van der Waals surface area contributed by atoms with Gasteiger partial charge in [-0.25, -0.2) is 0 Å². The van der Waals surface area contributed by atoms with Gasteiger partial charge in [0.05, 0.1) is 6.54 Å². The SMILES string of the molecule is C=C(/C=C\S)CCN=O. The van der Waals surface area contributed by atoms with Gasteiger partial charge in [-0.05, 0) is 11.8 Å². The summed E-state index contributed by atoms with van der Waals surface area (Å²) in [7, 11) is 0. The molecule has 2 nitrogen and oxygen atoms in total. The maximum absolute atomic E-state index is 9.58. The molecule has 9 heavy (non-hydrogen) atoms. The van der Waals surface area contributed by atoms with Crippen LogP contribution in [0.4, 0.5) is 0 Å². The second-order valence-corrected chi connectivity index (χ2v) is 1.87. The second kappa shape index (κ2) is 5.56. The molecule has 0 aromatic heterocycles. The first-order valence-electron chi connectivity index (χ1n) is 2.59. The van der Waals surface area contributed by atoms with Crippen LogP contribution in [0.3, 0.4) is 0 Å². The van der Waals surface area contributed by atoms with Crippen molar-refractivity contribution < 1.29 is 0 Å². The number of allylic oxidation sites excluding steroid dienone is 1. The summed E-state index contributed by atoms with van der Waals surface area (Å²) in [6.07, 6.45) is 2.37. The molecule has 0 saturated carbocycles. The van der Waals surface area contributed by atoms with Crippen molar-refractivity contribution in [3.63, 3.8) is 0 Å². The van der Waals surface area contributed by atoms with Gasteiger partial charge < -0.3 is 0 Å². The molecule has 0 heterocycles. The molecular weight excluding hydrogens is 134 g/mol. The lowest BCUT2D eigenvalue weighted by Gasteiger charge is -1.89. The Morgan fingerprint density at radius 1 is 1.78 bits per heavy atom. The summed E-state index contributed by atoms with van der Waals surface area (Å²) in [6, 6.07) is 0. The molecule has 0 aromatic carbocycles. The number of nitroso groups, excluding NO2 is 1. The van der Waals surface area contributed by atoms with E-state index in [4.69, 9.17) is 0 Å². The Morgan fingerprint density at radius 3 is 2.89 bits per heavy atom. The van der Waals surface area contributed by atoms with E-state index in [1.165, 1.54) is 0 Å². The highest BCUT2D eigenvalue weighted by Gasteiger charge is 1.86. The molecule has 3 heteroatoms. The topological polar surface area (TPSA) is 29.4 Å². The van der Waals surface area contributed by atoms with Crippen molar-refractivity contribution in [3.8, 4) is 0 Å². The van der Waals surface area contributed by atoms with Crippen LogP contribution in [-0.2, 0) is 0 Å². The summed E-state index contributed by atoms with van der Waals surface area (Å²) in [5, 5.41) is 4.28. The van der Waals surface area contributed by atoms with Gasteiger partial charge in [0.15, 0.2) is 0 Å². The Hall–Kier alpha value is -0.570. The highest BCUT2D eigenvalue weighted by molar-refractivity contribution is 7.83. The van der Waals surface area contributed by atoms with Gasteiger partial charge in [-0.1, -0.05) is 23.4 Å². The van der Waals surface area contributed by atoms with Gasteiger partial charge in [0, 0.05) is 0 Å². The molecule has 0 N–H and O–H groups in total. The Bertz CT molecular complexity index is 131. The molecule has 0 aliphatic carbocycles. The fourth-order valence-corrected chi connectivity index (χ4v) is 0.589. The van der Waals surface area contributed by atoms with Gasteiger partial charge in [-0.15, -0.1) is 0 Å². The van der Waals surface area contributed by atoms with E-state index in [0.717, 1.165) is 5.57 Å². The fourth-order valence-electron chi connectivity index (χ4n) is 0.378. The van der Waals surface area contributed by atoms with Crippen LogP contribution < -0.4 is 0 Å². The average molecular weight is 143 g/mol. The minimum Gasteiger partial charge on any atom is -0.151 e. The van der Waals surface area contributed by atoms with Crippen LogP contribution in [0.15, 0.2) is 28.8 Å². The quantitative estimate of drug-likeness (QED) is 0.364. The van der Waals surface area contributed by atoms with Crippen LogP contribution in [0.5, 0.6) is 0 Å². The third kappa shape index (κ3) is 5.30. The molecule has 0 atom stereocenters. The molecule has 0 spiro atoms. The zero-order valence-corrected chi connectivity index (χ0v) is 5.97. The summed E-state index contributed by atoms with van der Waals surface area (Å²) < 4.78 is 0. The van der Waals surface area contributed by atoms with Crippen LogP contribution in [0.2, 0.25) is 0 Å². The predicted molar refractivity (Wildman–Crippen MR) is 42.5 cm³/mol. The fraction of sp³-hybridized carbons (Fsp3) is 0.333. The maximum atomic E-state index is 9.58. The number of thiol groups is 1. The third-order valence-electron chi connectivity index (χ3n) is 0.834. The number of nitrogens with zero attached hydrogens (tertiary/aromatic N) is 1. The molecule has 0 unspecified atom stereocenters. The smallest absolute Gasteiger partial charge is 0.0851 e. The molecule has 0 radical (unpaired) electrons. The number of rotatable bonds is 4. The summed E-state index contributed by atoms with van der Waals surface area (Å²) in [5.74, 6) is 0. The molecule has 0 fully saturated rings. The molecule has 0 aliphatic rings. The largest absolute Gasteiger partial charge is 0.151 e. The lowest BCUT2D eigenvalue weighted by Crippen LogP contribution is -1.79. The van der Waals surface area contributed by atoms with Crippen LogP contribution in [0, 0.1) is 4.91 Å². The minimum atomic E-state index is 0.303. The first-order valence-corrected chi connectivity index (χ1v) is 3.10. The summed E-state index contributed by atoms with van der Waals surface area (Å²) in [5.41, 5.74) is 0.879. The van der Waals surface area contributed by atoms with Gasteiger partial charge in [-0.3, -0.25) is 0 Å². The predicted octanol–water partition coefficient (Wildman–Crippen LogP) is 2.14. The van der Waals surface area contributed by atoms with Crippen molar-refractivity contribution in [1.82, 2.24) is 0 Å². The lowest BCUT2D eigenvalue weighted by molar-refractivity contribution is 0.969. The van der Waals surface area contributed by atoms with Gasteiger partial charge in [-0.2, -0.15) is 17.5 Å². The van der Waals surface area contributed by atoms with Crippen molar-refractivity contribution in [2.45, 2.75) is 6.42 Å².